The lowest BCUT2D eigenvalue weighted by molar-refractivity contribution is -0.119. The van der Waals surface area contributed by atoms with Crippen LogP contribution in [0.2, 0.25) is 0 Å². The van der Waals surface area contributed by atoms with E-state index in [2.05, 4.69) is 10.6 Å². The minimum atomic E-state index is -3.08. The third kappa shape index (κ3) is 4.01. The summed E-state index contributed by atoms with van der Waals surface area (Å²) >= 11 is 7.50. The number of rotatable bonds is 5. The molecule has 5 nitrogen and oxygen atoms in total. The summed E-state index contributed by atoms with van der Waals surface area (Å²) in [4.78, 5) is 11.6. The first-order valence-electron chi connectivity index (χ1n) is 5.88. The van der Waals surface area contributed by atoms with Gasteiger partial charge in [0.15, 0.2) is 9.84 Å². The van der Waals surface area contributed by atoms with Crippen LogP contribution in [-0.4, -0.2) is 61.8 Å². The molecule has 2 aliphatic heterocycles. The van der Waals surface area contributed by atoms with Gasteiger partial charge < -0.3 is 10.6 Å². The third-order valence-electron chi connectivity index (χ3n) is 3.08. The highest BCUT2D eigenvalue weighted by atomic mass is 35.5. The molecular formula is C10H17ClN2O3S2. The SMILES string of the molecule is O=C(CSCC1CNC1)NC1CS(=O)(=O)CC1Cl. The van der Waals surface area contributed by atoms with Crippen LogP contribution in [0.1, 0.15) is 0 Å². The smallest absolute Gasteiger partial charge is 0.230 e. The van der Waals surface area contributed by atoms with Crippen molar-refractivity contribution < 1.29 is 13.2 Å². The summed E-state index contributed by atoms with van der Waals surface area (Å²) < 4.78 is 22.7. The van der Waals surface area contributed by atoms with Crippen LogP contribution >= 0.6 is 23.4 Å². The van der Waals surface area contributed by atoms with Gasteiger partial charge in [0.1, 0.15) is 0 Å². The molecule has 0 saturated carbocycles. The van der Waals surface area contributed by atoms with E-state index >= 15 is 0 Å². The maximum atomic E-state index is 11.6. The minimum Gasteiger partial charge on any atom is -0.350 e. The molecule has 2 saturated heterocycles. The maximum absolute atomic E-state index is 11.6. The largest absolute Gasteiger partial charge is 0.350 e. The average molecular weight is 313 g/mol. The monoisotopic (exact) mass is 312 g/mol. The molecule has 0 radical (unpaired) electrons. The van der Waals surface area contributed by atoms with Crippen molar-refractivity contribution in [1.29, 1.82) is 0 Å². The summed E-state index contributed by atoms with van der Waals surface area (Å²) in [6, 6.07) is -0.435. The molecule has 8 heteroatoms. The lowest BCUT2D eigenvalue weighted by Gasteiger charge is -2.26. The number of hydrogen-bond acceptors (Lipinski definition) is 5. The van der Waals surface area contributed by atoms with Gasteiger partial charge in [-0.2, -0.15) is 11.8 Å². The lowest BCUT2D eigenvalue weighted by atomic mass is 10.1. The van der Waals surface area contributed by atoms with Crippen molar-refractivity contribution in [2.45, 2.75) is 11.4 Å². The topological polar surface area (TPSA) is 75.3 Å². The number of hydrogen-bond donors (Lipinski definition) is 2. The van der Waals surface area contributed by atoms with Gasteiger partial charge in [-0.05, 0) is 24.8 Å². The Kier molecular flexibility index (Phi) is 4.80. The fourth-order valence-electron chi connectivity index (χ4n) is 1.97. The fraction of sp³-hybridized carbons (Fsp3) is 0.900. The number of amides is 1. The van der Waals surface area contributed by atoms with Gasteiger partial charge in [-0.15, -0.1) is 11.6 Å². The van der Waals surface area contributed by atoms with Crippen molar-refractivity contribution in [3.8, 4) is 0 Å². The van der Waals surface area contributed by atoms with Gasteiger partial charge in [0.25, 0.3) is 0 Å². The van der Waals surface area contributed by atoms with Crippen molar-refractivity contribution in [2.24, 2.45) is 5.92 Å². The number of sulfone groups is 1. The fourth-order valence-corrected chi connectivity index (χ4v) is 5.48. The lowest BCUT2D eigenvalue weighted by Crippen LogP contribution is -2.44. The van der Waals surface area contributed by atoms with E-state index < -0.39 is 21.3 Å². The second-order valence-corrected chi connectivity index (χ2v) is 8.55. The molecule has 2 N–H and O–H groups in total. The van der Waals surface area contributed by atoms with E-state index in [-0.39, 0.29) is 17.4 Å². The van der Waals surface area contributed by atoms with Gasteiger partial charge in [0.2, 0.25) is 5.91 Å². The van der Waals surface area contributed by atoms with Gasteiger partial charge in [-0.1, -0.05) is 0 Å². The molecule has 0 spiro atoms. The standard InChI is InChI=1S/C10H17ClN2O3S2/c11-8-5-18(15,16)6-9(8)13-10(14)4-17-3-7-1-12-2-7/h7-9,12H,1-6H2,(H,13,14). The zero-order valence-electron chi connectivity index (χ0n) is 9.89. The molecule has 18 heavy (non-hydrogen) atoms. The number of carbonyl (C=O) groups excluding carboxylic acids is 1. The zero-order chi connectivity index (χ0) is 13.2. The Morgan fingerprint density at radius 2 is 2.11 bits per heavy atom. The van der Waals surface area contributed by atoms with Crippen LogP contribution in [0, 0.1) is 5.92 Å². The van der Waals surface area contributed by atoms with E-state index in [1.807, 2.05) is 0 Å². The van der Waals surface area contributed by atoms with E-state index in [0.29, 0.717) is 11.7 Å². The molecule has 2 atom stereocenters. The van der Waals surface area contributed by atoms with Crippen molar-refractivity contribution in [1.82, 2.24) is 10.6 Å². The molecule has 1 amide bonds. The molecule has 2 fully saturated rings. The second kappa shape index (κ2) is 5.98. The van der Waals surface area contributed by atoms with E-state index in [1.165, 1.54) is 0 Å². The molecule has 0 aromatic rings. The Hall–Kier alpha value is 0.0200. The first-order valence-corrected chi connectivity index (χ1v) is 9.30. The molecule has 0 aliphatic carbocycles. The van der Waals surface area contributed by atoms with Crippen LogP contribution in [0.3, 0.4) is 0 Å². The van der Waals surface area contributed by atoms with Crippen LogP contribution in [0.15, 0.2) is 0 Å². The molecule has 0 aromatic heterocycles. The molecular weight excluding hydrogens is 296 g/mol. The molecule has 0 aromatic carbocycles. The zero-order valence-corrected chi connectivity index (χ0v) is 12.3. The summed E-state index contributed by atoms with van der Waals surface area (Å²) in [6.07, 6.45) is 0. The van der Waals surface area contributed by atoms with Crippen LogP contribution in [-0.2, 0) is 14.6 Å². The first-order chi connectivity index (χ1) is 8.46. The molecule has 2 unspecified atom stereocenters. The molecule has 2 heterocycles. The third-order valence-corrected chi connectivity index (χ3v) is 6.63. The number of nitrogens with one attached hydrogen (secondary N) is 2. The Labute approximate surface area is 116 Å². The summed E-state index contributed by atoms with van der Waals surface area (Å²) in [7, 11) is -3.08. The van der Waals surface area contributed by atoms with E-state index in [1.54, 1.807) is 11.8 Å². The van der Waals surface area contributed by atoms with Crippen molar-refractivity contribution >= 4 is 39.1 Å². The predicted octanol–water partition coefficient (Wildman–Crippen LogP) is -0.540. The summed E-state index contributed by atoms with van der Waals surface area (Å²) in [6.45, 7) is 2.05. The molecule has 2 aliphatic rings. The highest BCUT2D eigenvalue weighted by Crippen LogP contribution is 2.18. The van der Waals surface area contributed by atoms with Gasteiger partial charge >= 0.3 is 0 Å². The van der Waals surface area contributed by atoms with Crippen molar-refractivity contribution in [2.75, 3.05) is 36.1 Å². The molecule has 0 bridgehead atoms. The van der Waals surface area contributed by atoms with E-state index in [4.69, 9.17) is 11.6 Å². The Morgan fingerprint density at radius 1 is 1.39 bits per heavy atom. The second-order valence-electron chi connectivity index (χ2n) is 4.81. The number of alkyl halides is 1. The Bertz CT molecular complexity index is 411. The van der Waals surface area contributed by atoms with Gasteiger partial charge in [-0.3, -0.25) is 4.79 Å². The summed E-state index contributed by atoms with van der Waals surface area (Å²) in [5.74, 6) is 1.80. The number of thioether (sulfide) groups is 1. The quantitative estimate of drug-likeness (QED) is 0.667. The van der Waals surface area contributed by atoms with Crippen LogP contribution in [0.25, 0.3) is 0 Å². The van der Waals surface area contributed by atoms with Gasteiger partial charge in [0, 0.05) is 0 Å². The van der Waals surface area contributed by atoms with Crippen LogP contribution < -0.4 is 10.6 Å². The van der Waals surface area contributed by atoms with Crippen molar-refractivity contribution in [3.05, 3.63) is 0 Å². The van der Waals surface area contributed by atoms with Crippen LogP contribution in [0.4, 0.5) is 0 Å². The minimum absolute atomic E-state index is 0.0376. The highest BCUT2D eigenvalue weighted by molar-refractivity contribution is 7.99. The van der Waals surface area contributed by atoms with E-state index in [9.17, 15) is 13.2 Å². The highest BCUT2D eigenvalue weighted by Gasteiger charge is 2.37. The summed E-state index contributed by atoms with van der Waals surface area (Å²) in [5, 5.41) is 5.38. The Morgan fingerprint density at radius 3 is 2.61 bits per heavy atom. The molecule has 104 valence electrons. The maximum Gasteiger partial charge on any atom is 0.230 e. The van der Waals surface area contributed by atoms with Crippen LogP contribution in [0.5, 0.6) is 0 Å². The number of carbonyl (C=O) groups is 1. The first kappa shape index (κ1) is 14.4. The number of halogens is 1. The van der Waals surface area contributed by atoms with E-state index in [0.717, 1.165) is 18.8 Å². The molecule has 2 rings (SSSR count). The van der Waals surface area contributed by atoms with Gasteiger partial charge in [-0.25, -0.2) is 8.42 Å². The Balaban J connectivity index is 1.67. The summed E-state index contributed by atoms with van der Waals surface area (Å²) in [5.41, 5.74) is 0. The predicted molar refractivity (Wildman–Crippen MR) is 73.9 cm³/mol. The average Bonchev–Trinajstić information content (AvgIpc) is 2.44. The normalized spacial score (nSPS) is 30.9. The van der Waals surface area contributed by atoms with Crippen molar-refractivity contribution in [3.63, 3.8) is 0 Å². The van der Waals surface area contributed by atoms with Gasteiger partial charge in [0.05, 0.1) is 28.7 Å².